The highest BCUT2D eigenvalue weighted by Gasteiger charge is 2.36. The summed E-state index contributed by atoms with van der Waals surface area (Å²) in [6.45, 7) is 6.64. The van der Waals surface area contributed by atoms with E-state index in [1.165, 1.54) is 18.4 Å². The molecule has 0 saturated heterocycles. The minimum absolute atomic E-state index is 0.0249. The molecule has 2 heterocycles. The summed E-state index contributed by atoms with van der Waals surface area (Å²) in [5.41, 5.74) is 2.26. The lowest BCUT2D eigenvalue weighted by Crippen LogP contribution is -2.33. The van der Waals surface area contributed by atoms with Gasteiger partial charge in [0.05, 0.1) is 23.8 Å². The fraction of sp³-hybridized carbons (Fsp3) is 0.440. The summed E-state index contributed by atoms with van der Waals surface area (Å²) < 4.78 is 5.00. The van der Waals surface area contributed by atoms with Gasteiger partial charge in [0.25, 0.3) is 11.8 Å². The molecular weight excluding hydrogens is 440 g/mol. The standard InChI is InChI=1S/C25H28N2O5S/c1-25(2,3)14-9-10-17-18(13-14)33-21(20(17)24(31)32-4)26-19(28)11-12-27-22(29)15-7-5-6-8-16(15)23(27)30/h5-8,14H,9-13H2,1-4H3,(H,26,28). The van der Waals surface area contributed by atoms with Gasteiger partial charge in [0.15, 0.2) is 0 Å². The van der Waals surface area contributed by atoms with Crippen molar-refractivity contribution >= 4 is 40.0 Å². The van der Waals surface area contributed by atoms with Gasteiger partial charge < -0.3 is 10.1 Å². The van der Waals surface area contributed by atoms with Gasteiger partial charge >= 0.3 is 5.97 Å². The topological polar surface area (TPSA) is 92.8 Å². The summed E-state index contributed by atoms with van der Waals surface area (Å²) >= 11 is 1.42. The van der Waals surface area contributed by atoms with E-state index in [2.05, 4.69) is 26.1 Å². The van der Waals surface area contributed by atoms with Gasteiger partial charge in [-0.3, -0.25) is 19.3 Å². The van der Waals surface area contributed by atoms with Crippen LogP contribution >= 0.6 is 11.3 Å². The monoisotopic (exact) mass is 468 g/mol. The van der Waals surface area contributed by atoms with Crippen molar-refractivity contribution in [1.82, 2.24) is 4.90 Å². The largest absolute Gasteiger partial charge is 0.465 e. The predicted octanol–water partition coefficient (Wildman–Crippen LogP) is 4.31. The van der Waals surface area contributed by atoms with Gasteiger partial charge in [0.2, 0.25) is 5.91 Å². The minimum Gasteiger partial charge on any atom is -0.465 e. The van der Waals surface area contributed by atoms with Gasteiger partial charge in [-0.25, -0.2) is 4.79 Å². The Morgan fingerprint density at radius 1 is 1.15 bits per heavy atom. The summed E-state index contributed by atoms with van der Waals surface area (Å²) in [7, 11) is 1.33. The first-order chi connectivity index (χ1) is 15.6. The van der Waals surface area contributed by atoms with Gasteiger partial charge in [-0.05, 0) is 48.3 Å². The number of ether oxygens (including phenoxy) is 1. The zero-order chi connectivity index (χ0) is 23.9. The molecule has 1 atom stereocenters. The molecule has 2 aromatic rings. The molecule has 1 aromatic heterocycles. The molecule has 1 unspecified atom stereocenters. The number of imide groups is 1. The summed E-state index contributed by atoms with van der Waals surface area (Å²) in [6, 6.07) is 6.63. The number of hydrogen-bond donors (Lipinski definition) is 1. The van der Waals surface area contributed by atoms with Crippen molar-refractivity contribution in [3.63, 3.8) is 0 Å². The molecule has 3 amide bonds. The number of nitrogens with zero attached hydrogens (tertiary/aromatic N) is 1. The number of anilines is 1. The number of benzene rings is 1. The van der Waals surface area contributed by atoms with Crippen molar-refractivity contribution in [1.29, 1.82) is 0 Å². The van der Waals surface area contributed by atoms with Gasteiger partial charge in [-0.15, -0.1) is 11.3 Å². The first-order valence-electron chi connectivity index (χ1n) is 11.1. The molecule has 0 radical (unpaired) electrons. The fourth-order valence-electron chi connectivity index (χ4n) is 4.58. The van der Waals surface area contributed by atoms with Gasteiger partial charge in [-0.1, -0.05) is 32.9 Å². The van der Waals surface area contributed by atoms with Crippen LogP contribution in [0.5, 0.6) is 0 Å². The zero-order valence-corrected chi connectivity index (χ0v) is 20.1. The molecule has 1 aliphatic heterocycles. The Morgan fingerprint density at radius 3 is 2.36 bits per heavy atom. The van der Waals surface area contributed by atoms with E-state index in [1.54, 1.807) is 24.3 Å². The molecule has 7 nitrogen and oxygen atoms in total. The molecule has 8 heteroatoms. The van der Waals surface area contributed by atoms with E-state index in [0.29, 0.717) is 27.6 Å². The number of fused-ring (bicyclic) bond motifs is 2. The maximum Gasteiger partial charge on any atom is 0.341 e. The van der Waals surface area contributed by atoms with Crippen LogP contribution in [-0.2, 0) is 22.4 Å². The lowest BCUT2D eigenvalue weighted by Gasteiger charge is -2.33. The number of amides is 3. The third-order valence-corrected chi connectivity index (χ3v) is 7.74. The molecular formula is C25H28N2O5S. The number of carbonyl (C=O) groups excluding carboxylic acids is 4. The van der Waals surface area contributed by atoms with Crippen LogP contribution in [0, 0.1) is 11.3 Å². The second-order valence-electron chi connectivity index (χ2n) is 9.61. The van der Waals surface area contributed by atoms with E-state index in [1.807, 2.05) is 0 Å². The van der Waals surface area contributed by atoms with Crippen LogP contribution in [0.3, 0.4) is 0 Å². The molecule has 174 valence electrons. The van der Waals surface area contributed by atoms with Crippen molar-refractivity contribution in [2.75, 3.05) is 19.0 Å². The lowest BCUT2D eigenvalue weighted by atomic mass is 9.72. The first kappa shape index (κ1) is 23.2. The second-order valence-corrected chi connectivity index (χ2v) is 10.7. The molecule has 0 saturated carbocycles. The Bertz CT molecular complexity index is 1110. The highest BCUT2D eigenvalue weighted by Crippen LogP contribution is 2.44. The van der Waals surface area contributed by atoms with Crippen molar-refractivity contribution < 1.29 is 23.9 Å². The van der Waals surface area contributed by atoms with E-state index in [9.17, 15) is 19.2 Å². The molecule has 0 fully saturated rings. The van der Waals surface area contributed by atoms with Crippen LogP contribution in [0.4, 0.5) is 5.00 Å². The first-order valence-corrected chi connectivity index (χ1v) is 11.9. The van der Waals surface area contributed by atoms with E-state index in [-0.39, 0.29) is 24.3 Å². The van der Waals surface area contributed by atoms with Crippen molar-refractivity contribution in [2.24, 2.45) is 11.3 Å². The summed E-state index contributed by atoms with van der Waals surface area (Å²) in [5, 5.41) is 3.32. The number of carbonyl (C=O) groups is 4. The minimum atomic E-state index is -0.461. The van der Waals surface area contributed by atoms with Crippen LogP contribution in [0.1, 0.15) is 75.1 Å². The van der Waals surface area contributed by atoms with Crippen molar-refractivity contribution in [2.45, 2.75) is 46.5 Å². The van der Waals surface area contributed by atoms with Crippen molar-refractivity contribution in [3.8, 4) is 0 Å². The molecule has 1 aliphatic carbocycles. The average molecular weight is 469 g/mol. The predicted molar refractivity (Wildman–Crippen MR) is 126 cm³/mol. The van der Waals surface area contributed by atoms with E-state index < -0.39 is 17.8 Å². The van der Waals surface area contributed by atoms with E-state index >= 15 is 0 Å². The molecule has 0 bridgehead atoms. The third kappa shape index (κ3) is 4.31. The van der Waals surface area contributed by atoms with E-state index in [4.69, 9.17) is 4.74 Å². The van der Waals surface area contributed by atoms with Crippen LogP contribution in [-0.4, -0.2) is 42.2 Å². The van der Waals surface area contributed by atoms with Crippen LogP contribution in [0.25, 0.3) is 0 Å². The Morgan fingerprint density at radius 2 is 1.79 bits per heavy atom. The maximum absolute atomic E-state index is 12.7. The molecule has 1 N–H and O–H groups in total. The van der Waals surface area contributed by atoms with Crippen LogP contribution < -0.4 is 5.32 Å². The average Bonchev–Trinajstić information content (AvgIpc) is 3.25. The van der Waals surface area contributed by atoms with E-state index in [0.717, 1.165) is 34.6 Å². The molecule has 2 aliphatic rings. The number of esters is 1. The molecule has 33 heavy (non-hydrogen) atoms. The number of nitrogens with one attached hydrogen (secondary N) is 1. The number of methoxy groups -OCH3 is 1. The van der Waals surface area contributed by atoms with Gasteiger partial charge in [0, 0.05) is 17.8 Å². The van der Waals surface area contributed by atoms with Gasteiger partial charge in [0.1, 0.15) is 5.00 Å². The Kier molecular flexibility index (Phi) is 6.14. The zero-order valence-electron chi connectivity index (χ0n) is 19.3. The van der Waals surface area contributed by atoms with Crippen LogP contribution in [0.2, 0.25) is 0 Å². The Hall–Kier alpha value is -3.00. The fourth-order valence-corrected chi connectivity index (χ4v) is 5.91. The Labute approximate surface area is 197 Å². The second kappa shape index (κ2) is 8.74. The van der Waals surface area contributed by atoms with Gasteiger partial charge in [-0.2, -0.15) is 0 Å². The highest BCUT2D eigenvalue weighted by atomic mass is 32.1. The SMILES string of the molecule is COC(=O)c1c(NC(=O)CCN2C(=O)c3ccccc3C2=O)sc2c1CCC(C(C)(C)C)C2. The Balaban J connectivity index is 1.48. The summed E-state index contributed by atoms with van der Waals surface area (Å²) in [4.78, 5) is 52.5. The third-order valence-electron chi connectivity index (χ3n) is 6.57. The smallest absolute Gasteiger partial charge is 0.341 e. The maximum atomic E-state index is 12.7. The molecule has 1 aromatic carbocycles. The quantitative estimate of drug-likeness (QED) is 0.521. The summed E-state index contributed by atoms with van der Waals surface area (Å²) in [5.74, 6) is -1.11. The number of hydrogen-bond acceptors (Lipinski definition) is 6. The number of thiophene rings is 1. The normalized spacial score (nSPS) is 17.6. The number of rotatable bonds is 5. The summed E-state index contributed by atoms with van der Waals surface area (Å²) in [6.07, 6.45) is 2.55. The van der Waals surface area contributed by atoms with Crippen molar-refractivity contribution in [3.05, 3.63) is 51.4 Å². The molecule has 4 rings (SSSR count). The molecule has 0 spiro atoms. The highest BCUT2D eigenvalue weighted by molar-refractivity contribution is 7.17. The van der Waals surface area contributed by atoms with Crippen LogP contribution in [0.15, 0.2) is 24.3 Å². The lowest BCUT2D eigenvalue weighted by molar-refractivity contribution is -0.116.